The number of likely N-dealkylation sites (tertiary alicyclic amines) is 1. The highest BCUT2D eigenvalue weighted by Gasteiger charge is 2.34. The van der Waals surface area contributed by atoms with Gasteiger partial charge in [0.1, 0.15) is 6.04 Å². The van der Waals surface area contributed by atoms with Gasteiger partial charge in [-0.05, 0) is 43.9 Å². The Morgan fingerprint density at radius 2 is 2.11 bits per heavy atom. The van der Waals surface area contributed by atoms with Gasteiger partial charge in [-0.1, -0.05) is 54.0 Å². The van der Waals surface area contributed by atoms with Crippen molar-refractivity contribution >= 4 is 11.7 Å². The second kappa shape index (κ2) is 7.84. The second-order valence-electron chi connectivity index (χ2n) is 7.12. The predicted molar refractivity (Wildman–Crippen MR) is 108 cm³/mol. The van der Waals surface area contributed by atoms with Crippen LogP contribution in [0.4, 0.5) is 10.5 Å². The number of urea groups is 1. The number of hydrogen-bond acceptors (Lipinski definition) is 4. The summed E-state index contributed by atoms with van der Waals surface area (Å²) in [4.78, 5) is 19.3. The molecular weight excluding hydrogens is 352 g/mol. The molecule has 6 nitrogen and oxygen atoms in total. The molecule has 1 aliphatic heterocycles. The Kier molecular flexibility index (Phi) is 5.10. The molecular formula is C22H24N4O2. The fourth-order valence-corrected chi connectivity index (χ4v) is 3.68. The van der Waals surface area contributed by atoms with Crippen molar-refractivity contribution in [3.63, 3.8) is 0 Å². The highest BCUT2D eigenvalue weighted by atomic mass is 16.5. The maximum absolute atomic E-state index is 12.9. The molecule has 0 spiro atoms. The molecule has 1 saturated heterocycles. The summed E-state index contributed by atoms with van der Waals surface area (Å²) in [5, 5.41) is 7.18. The van der Waals surface area contributed by atoms with E-state index in [4.69, 9.17) is 4.52 Å². The molecule has 1 atom stereocenters. The number of hydrogen-bond donors (Lipinski definition) is 1. The number of para-hydroxylation sites is 1. The van der Waals surface area contributed by atoms with Crippen LogP contribution in [0.3, 0.4) is 0 Å². The number of aromatic nitrogens is 2. The molecule has 28 heavy (non-hydrogen) atoms. The number of carbonyl (C=O) groups excluding carboxylic acids is 1. The lowest BCUT2D eigenvalue weighted by Crippen LogP contribution is -2.34. The van der Waals surface area contributed by atoms with Crippen molar-refractivity contribution in [2.75, 3.05) is 11.9 Å². The highest BCUT2D eigenvalue weighted by molar-refractivity contribution is 5.90. The van der Waals surface area contributed by atoms with Gasteiger partial charge in [-0.15, -0.1) is 0 Å². The van der Waals surface area contributed by atoms with Crippen LogP contribution in [0, 0.1) is 6.92 Å². The number of nitrogens with zero attached hydrogens (tertiary/aromatic N) is 3. The largest absolute Gasteiger partial charge is 0.337 e. The molecule has 2 aromatic carbocycles. The molecule has 1 N–H and O–H groups in total. The number of benzene rings is 2. The average molecular weight is 376 g/mol. The van der Waals surface area contributed by atoms with Crippen LogP contribution in [0.5, 0.6) is 0 Å². The van der Waals surface area contributed by atoms with Crippen LogP contribution in [0.15, 0.2) is 53.1 Å². The normalized spacial score (nSPS) is 16.4. The fraction of sp³-hybridized carbons (Fsp3) is 0.318. The van der Waals surface area contributed by atoms with E-state index in [-0.39, 0.29) is 12.1 Å². The number of rotatable bonds is 4. The van der Waals surface area contributed by atoms with Gasteiger partial charge < -0.3 is 14.7 Å². The zero-order valence-corrected chi connectivity index (χ0v) is 16.2. The highest BCUT2D eigenvalue weighted by Crippen LogP contribution is 2.33. The smallest absolute Gasteiger partial charge is 0.322 e. The maximum Gasteiger partial charge on any atom is 0.322 e. The number of carbonyl (C=O) groups is 1. The first kappa shape index (κ1) is 18.2. The van der Waals surface area contributed by atoms with E-state index >= 15 is 0 Å². The Balaban J connectivity index is 1.53. The average Bonchev–Trinajstić information content (AvgIpc) is 3.38. The van der Waals surface area contributed by atoms with Crippen molar-refractivity contribution in [2.45, 2.75) is 39.2 Å². The lowest BCUT2D eigenvalue weighted by molar-refractivity contribution is 0.193. The standard InChI is InChI=1S/C22H24N4O2/c1-3-16-9-4-5-11-18(16)23-22(27)26-13-7-12-19(26)21-24-20(25-28-21)17-10-6-8-15(2)14-17/h4-6,8-11,14,19H,3,7,12-13H2,1-2H3,(H,23,27). The van der Waals surface area contributed by atoms with Gasteiger partial charge in [-0.2, -0.15) is 4.98 Å². The third-order valence-corrected chi connectivity index (χ3v) is 5.16. The Bertz CT molecular complexity index is 982. The number of amides is 2. The summed E-state index contributed by atoms with van der Waals surface area (Å²) in [6, 6.07) is 15.5. The number of aryl methyl sites for hydroxylation is 2. The minimum Gasteiger partial charge on any atom is -0.337 e. The van der Waals surface area contributed by atoms with E-state index in [1.165, 1.54) is 0 Å². The summed E-state index contributed by atoms with van der Waals surface area (Å²) in [5.74, 6) is 1.05. The van der Waals surface area contributed by atoms with E-state index in [1.54, 1.807) is 4.90 Å². The van der Waals surface area contributed by atoms with E-state index in [2.05, 4.69) is 22.4 Å². The molecule has 0 saturated carbocycles. The van der Waals surface area contributed by atoms with Gasteiger partial charge in [-0.3, -0.25) is 0 Å². The minimum atomic E-state index is -0.195. The summed E-state index contributed by atoms with van der Waals surface area (Å²) >= 11 is 0. The first-order chi connectivity index (χ1) is 13.7. The summed E-state index contributed by atoms with van der Waals surface area (Å²) < 4.78 is 5.54. The van der Waals surface area contributed by atoms with E-state index in [0.717, 1.165) is 41.6 Å². The zero-order valence-electron chi connectivity index (χ0n) is 16.2. The minimum absolute atomic E-state index is 0.126. The molecule has 2 amide bonds. The van der Waals surface area contributed by atoms with Gasteiger partial charge in [-0.25, -0.2) is 4.79 Å². The van der Waals surface area contributed by atoms with E-state index in [0.29, 0.717) is 18.3 Å². The molecule has 0 aliphatic carbocycles. The molecule has 1 fully saturated rings. The third kappa shape index (κ3) is 3.63. The quantitative estimate of drug-likeness (QED) is 0.697. The summed E-state index contributed by atoms with van der Waals surface area (Å²) in [6.07, 6.45) is 2.59. The molecule has 144 valence electrons. The van der Waals surface area contributed by atoms with Crippen molar-refractivity contribution in [1.29, 1.82) is 0 Å². The fourth-order valence-electron chi connectivity index (χ4n) is 3.68. The van der Waals surface area contributed by atoms with Crippen LogP contribution in [0.2, 0.25) is 0 Å². The van der Waals surface area contributed by atoms with Gasteiger partial charge >= 0.3 is 6.03 Å². The van der Waals surface area contributed by atoms with Crippen molar-refractivity contribution in [1.82, 2.24) is 15.0 Å². The van der Waals surface area contributed by atoms with Gasteiger partial charge in [0.15, 0.2) is 0 Å². The Labute approximate surface area is 164 Å². The van der Waals surface area contributed by atoms with Crippen LogP contribution in [-0.2, 0) is 6.42 Å². The molecule has 3 aromatic rings. The zero-order chi connectivity index (χ0) is 19.5. The Morgan fingerprint density at radius 3 is 2.93 bits per heavy atom. The van der Waals surface area contributed by atoms with Gasteiger partial charge in [0.25, 0.3) is 0 Å². The summed E-state index contributed by atoms with van der Waals surface area (Å²) in [5.41, 5.74) is 4.03. The summed E-state index contributed by atoms with van der Waals surface area (Å²) in [7, 11) is 0. The van der Waals surface area contributed by atoms with Crippen molar-refractivity contribution in [2.24, 2.45) is 0 Å². The third-order valence-electron chi connectivity index (χ3n) is 5.16. The van der Waals surface area contributed by atoms with E-state index in [9.17, 15) is 4.79 Å². The first-order valence-corrected chi connectivity index (χ1v) is 9.72. The topological polar surface area (TPSA) is 71.3 Å². The molecule has 1 aliphatic rings. The van der Waals surface area contributed by atoms with Crippen LogP contribution in [-0.4, -0.2) is 27.6 Å². The van der Waals surface area contributed by atoms with Crippen LogP contribution >= 0.6 is 0 Å². The molecule has 0 bridgehead atoms. The van der Waals surface area contributed by atoms with Gasteiger partial charge in [0, 0.05) is 17.8 Å². The second-order valence-corrected chi connectivity index (χ2v) is 7.12. The Morgan fingerprint density at radius 1 is 1.25 bits per heavy atom. The lowest BCUT2D eigenvalue weighted by atomic mass is 10.1. The van der Waals surface area contributed by atoms with Crippen molar-refractivity contribution < 1.29 is 9.32 Å². The van der Waals surface area contributed by atoms with E-state index < -0.39 is 0 Å². The molecule has 4 rings (SSSR count). The van der Waals surface area contributed by atoms with Crippen molar-refractivity contribution in [3.8, 4) is 11.4 Å². The maximum atomic E-state index is 12.9. The van der Waals surface area contributed by atoms with E-state index in [1.807, 2.05) is 55.5 Å². The molecule has 2 heterocycles. The van der Waals surface area contributed by atoms with Crippen molar-refractivity contribution in [3.05, 3.63) is 65.5 Å². The van der Waals surface area contributed by atoms with Crippen LogP contribution < -0.4 is 5.32 Å². The number of nitrogens with one attached hydrogen (secondary N) is 1. The van der Waals surface area contributed by atoms with Crippen LogP contribution in [0.1, 0.15) is 42.8 Å². The lowest BCUT2D eigenvalue weighted by Gasteiger charge is -2.23. The number of anilines is 1. The molecule has 1 unspecified atom stereocenters. The van der Waals surface area contributed by atoms with Crippen LogP contribution in [0.25, 0.3) is 11.4 Å². The SMILES string of the molecule is CCc1ccccc1NC(=O)N1CCCC1c1nc(-c2cccc(C)c2)no1. The molecule has 6 heteroatoms. The molecule has 0 radical (unpaired) electrons. The Hall–Kier alpha value is -3.15. The van der Waals surface area contributed by atoms with Gasteiger partial charge in [0.05, 0.1) is 0 Å². The predicted octanol–water partition coefficient (Wildman–Crippen LogP) is 4.98. The first-order valence-electron chi connectivity index (χ1n) is 9.72. The molecule has 1 aromatic heterocycles. The summed E-state index contributed by atoms with van der Waals surface area (Å²) in [6.45, 7) is 4.78. The van der Waals surface area contributed by atoms with Gasteiger partial charge in [0.2, 0.25) is 11.7 Å². The monoisotopic (exact) mass is 376 g/mol.